The number of aliphatic imine (C=N–C) groups is 1. The van der Waals surface area contributed by atoms with E-state index < -0.39 is 23.3 Å². The van der Waals surface area contributed by atoms with Gasteiger partial charge in [-0.1, -0.05) is 0 Å². The predicted molar refractivity (Wildman–Crippen MR) is 94.3 cm³/mol. The van der Waals surface area contributed by atoms with Crippen LogP contribution in [0.1, 0.15) is 23.8 Å². The third-order valence-electron chi connectivity index (χ3n) is 3.81. The van der Waals surface area contributed by atoms with Gasteiger partial charge in [-0.3, -0.25) is 9.79 Å². The molecule has 1 aliphatic rings. The second-order valence-electron chi connectivity index (χ2n) is 6.31. The number of carbonyl (C=O) groups is 1. The van der Waals surface area contributed by atoms with Gasteiger partial charge in [0.15, 0.2) is 0 Å². The van der Waals surface area contributed by atoms with E-state index in [1.165, 1.54) is 18.2 Å². The summed E-state index contributed by atoms with van der Waals surface area (Å²) >= 11 is 0. The van der Waals surface area contributed by atoms with Gasteiger partial charge in [0.2, 0.25) is 12.2 Å². The number of hydrogen-bond acceptors (Lipinski definition) is 5. The van der Waals surface area contributed by atoms with E-state index in [-0.39, 0.29) is 13.2 Å². The summed E-state index contributed by atoms with van der Waals surface area (Å²) in [7, 11) is 0. The van der Waals surface area contributed by atoms with Crippen LogP contribution in [-0.2, 0) is 21.2 Å². The zero-order chi connectivity index (χ0) is 20.9. The first-order valence-electron chi connectivity index (χ1n) is 8.09. The molecule has 1 amide bonds. The minimum atomic E-state index is -4.35. The number of alkyl halides is 3. The molecule has 6 nitrogen and oxygen atoms in total. The summed E-state index contributed by atoms with van der Waals surface area (Å²) < 4.78 is 58.5. The molecule has 1 unspecified atom stereocenters. The van der Waals surface area contributed by atoms with Crippen LogP contribution in [0.25, 0.3) is 0 Å². The van der Waals surface area contributed by atoms with Gasteiger partial charge in [-0.2, -0.15) is 13.2 Å². The highest BCUT2D eigenvalue weighted by molar-refractivity contribution is 5.82. The number of nitrogens with one attached hydrogen (secondary N) is 1. The summed E-state index contributed by atoms with van der Waals surface area (Å²) in [6, 6.07) is 5.26. The maximum atomic E-state index is 13.9. The molecule has 2 aromatic rings. The molecular formula is C18H19F4N3O3. The molecule has 1 aromatic heterocycles. The van der Waals surface area contributed by atoms with Crippen molar-refractivity contribution in [2.45, 2.75) is 25.6 Å². The van der Waals surface area contributed by atoms with Gasteiger partial charge in [0.25, 0.3) is 0 Å². The molecule has 1 aliphatic heterocycles. The van der Waals surface area contributed by atoms with Gasteiger partial charge in [-0.15, -0.1) is 0 Å². The van der Waals surface area contributed by atoms with Crippen molar-refractivity contribution < 1.29 is 31.5 Å². The van der Waals surface area contributed by atoms with Crippen LogP contribution in [0, 0.1) is 12.7 Å². The molecule has 0 aliphatic carbocycles. The summed E-state index contributed by atoms with van der Waals surface area (Å²) in [6.45, 7) is 3.78. The van der Waals surface area contributed by atoms with E-state index >= 15 is 0 Å². The number of carbonyl (C=O) groups excluding carboxylic acids is 1. The molecule has 28 heavy (non-hydrogen) atoms. The van der Waals surface area contributed by atoms with Crippen molar-refractivity contribution in [3.05, 3.63) is 53.2 Å². The third kappa shape index (κ3) is 5.32. The molecule has 152 valence electrons. The van der Waals surface area contributed by atoms with Crippen molar-refractivity contribution in [3.63, 3.8) is 0 Å². The Morgan fingerprint density at radius 1 is 1.32 bits per heavy atom. The van der Waals surface area contributed by atoms with Crippen LogP contribution in [0.4, 0.5) is 23.2 Å². The first-order valence-corrected chi connectivity index (χ1v) is 8.09. The van der Waals surface area contributed by atoms with Crippen LogP contribution in [0.15, 0.2) is 39.9 Å². The quantitative estimate of drug-likeness (QED) is 0.607. The molecule has 3 rings (SSSR count). The number of nitrogens with two attached hydrogens (primary N) is 1. The fourth-order valence-corrected chi connectivity index (χ4v) is 2.55. The van der Waals surface area contributed by atoms with Gasteiger partial charge < -0.3 is 20.2 Å². The van der Waals surface area contributed by atoms with Crippen LogP contribution in [0.2, 0.25) is 0 Å². The molecule has 10 heteroatoms. The molecule has 0 spiro atoms. The van der Waals surface area contributed by atoms with Gasteiger partial charge in [0.1, 0.15) is 23.8 Å². The molecule has 0 saturated heterocycles. The first kappa shape index (κ1) is 21.4. The Morgan fingerprint density at radius 3 is 2.54 bits per heavy atom. The van der Waals surface area contributed by atoms with Crippen LogP contribution < -0.4 is 11.1 Å². The molecule has 0 radical (unpaired) electrons. The Kier molecular flexibility index (Phi) is 6.45. The van der Waals surface area contributed by atoms with Crippen molar-refractivity contribution in [1.29, 1.82) is 0 Å². The Balaban J connectivity index is 0.000000237. The SMILES string of the molecule is CC1(c2cc(NC=O)ccc2F)COCC(N)=N1.Cc1coc(C(F)(F)F)c1. The van der Waals surface area contributed by atoms with Crippen molar-refractivity contribution >= 4 is 17.9 Å². The molecule has 1 atom stereocenters. The van der Waals surface area contributed by atoms with Gasteiger partial charge in [0, 0.05) is 11.3 Å². The largest absolute Gasteiger partial charge is 0.459 e. The summed E-state index contributed by atoms with van der Waals surface area (Å²) in [5, 5.41) is 2.47. The van der Waals surface area contributed by atoms with Crippen molar-refractivity contribution in [2.24, 2.45) is 10.7 Å². The topological polar surface area (TPSA) is 89.8 Å². The third-order valence-corrected chi connectivity index (χ3v) is 3.81. The highest BCUT2D eigenvalue weighted by Crippen LogP contribution is 2.32. The lowest BCUT2D eigenvalue weighted by Crippen LogP contribution is -2.38. The average Bonchev–Trinajstić information content (AvgIpc) is 3.04. The van der Waals surface area contributed by atoms with Gasteiger partial charge in [0.05, 0.1) is 12.9 Å². The standard InChI is InChI=1S/C12H14FN3O2.C6H5F3O/c1-12(6-18-5-11(14)16-12)9-4-8(15-7-17)2-3-10(9)13;1-4-2-5(10-3-4)6(7,8)9/h2-4,7H,5-6H2,1H3,(H2,14,16)(H,15,17);2-3H,1H3. The maximum Gasteiger partial charge on any atom is 0.449 e. The van der Waals surface area contributed by atoms with Crippen LogP contribution in [-0.4, -0.2) is 25.5 Å². The molecule has 0 fully saturated rings. The number of halogens is 4. The van der Waals surface area contributed by atoms with E-state index in [1.54, 1.807) is 13.8 Å². The number of furan rings is 1. The van der Waals surface area contributed by atoms with Crippen molar-refractivity contribution in [1.82, 2.24) is 0 Å². The highest BCUT2D eigenvalue weighted by Gasteiger charge is 2.34. The molecule has 1 aromatic carbocycles. The summed E-state index contributed by atoms with van der Waals surface area (Å²) in [5.74, 6) is -1.02. The Labute approximate surface area is 158 Å². The van der Waals surface area contributed by atoms with E-state index in [1.807, 2.05) is 0 Å². The zero-order valence-corrected chi connectivity index (χ0v) is 15.1. The van der Waals surface area contributed by atoms with Crippen LogP contribution >= 0.6 is 0 Å². The Morgan fingerprint density at radius 2 is 2.04 bits per heavy atom. The second-order valence-corrected chi connectivity index (χ2v) is 6.31. The lowest BCUT2D eigenvalue weighted by atomic mass is 9.92. The monoisotopic (exact) mass is 401 g/mol. The molecular weight excluding hydrogens is 382 g/mol. The predicted octanol–water partition coefficient (Wildman–Crippen LogP) is 3.60. The molecule has 3 N–H and O–H groups in total. The number of anilines is 1. The first-order chi connectivity index (χ1) is 13.0. The summed E-state index contributed by atoms with van der Waals surface area (Å²) in [5.41, 5.74) is 6.08. The number of amides is 1. The number of amidine groups is 1. The van der Waals surface area contributed by atoms with Crippen molar-refractivity contribution in [3.8, 4) is 0 Å². The summed E-state index contributed by atoms with van der Waals surface area (Å²) in [6.07, 6.45) is -2.74. The number of nitrogens with zero attached hydrogens (tertiary/aromatic N) is 1. The van der Waals surface area contributed by atoms with E-state index in [0.29, 0.717) is 29.1 Å². The molecule has 2 heterocycles. The number of hydrogen-bond donors (Lipinski definition) is 2. The number of rotatable bonds is 3. The maximum absolute atomic E-state index is 13.9. The van der Waals surface area contributed by atoms with Crippen molar-refractivity contribution in [2.75, 3.05) is 18.5 Å². The van der Waals surface area contributed by atoms with Gasteiger partial charge in [-0.05, 0) is 43.7 Å². The van der Waals surface area contributed by atoms with E-state index in [4.69, 9.17) is 10.5 Å². The Bertz CT molecular complexity index is 864. The van der Waals surface area contributed by atoms with Crippen LogP contribution in [0.5, 0.6) is 0 Å². The fraction of sp³-hybridized carbons (Fsp3) is 0.333. The van der Waals surface area contributed by atoms with E-state index in [2.05, 4.69) is 14.7 Å². The highest BCUT2D eigenvalue weighted by atomic mass is 19.4. The number of aryl methyl sites for hydroxylation is 1. The normalized spacial score (nSPS) is 19.3. The van der Waals surface area contributed by atoms with E-state index in [9.17, 15) is 22.4 Å². The van der Waals surface area contributed by atoms with E-state index in [0.717, 1.165) is 12.3 Å². The molecule has 0 saturated carbocycles. The number of benzene rings is 1. The fourth-order valence-electron chi connectivity index (χ4n) is 2.55. The smallest absolute Gasteiger partial charge is 0.449 e. The number of ether oxygens (including phenoxy) is 1. The lowest BCUT2D eigenvalue weighted by molar-refractivity contribution is -0.153. The Hall–Kier alpha value is -2.88. The summed E-state index contributed by atoms with van der Waals surface area (Å²) in [4.78, 5) is 14.7. The zero-order valence-electron chi connectivity index (χ0n) is 15.1. The lowest BCUT2D eigenvalue weighted by Gasteiger charge is -2.30. The minimum Gasteiger partial charge on any atom is -0.459 e. The van der Waals surface area contributed by atoms with Gasteiger partial charge >= 0.3 is 6.18 Å². The molecule has 0 bridgehead atoms. The minimum absolute atomic E-state index is 0.245. The van der Waals surface area contributed by atoms with Crippen LogP contribution in [0.3, 0.4) is 0 Å². The average molecular weight is 401 g/mol. The second kappa shape index (κ2) is 8.42. The van der Waals surface area contributed by atoms with Gasteiger partial charge in [-0.25, -0.2) is 4.39 Å².